The molecule has 0 aliphatic rings. The minimum Gasteiger partial charge on any atom is -0.297 e. The van der Waals surface area contributed by atoms with Crippen molar-refractivity contribution in [1.29, 1.82) is 0 Å². The van der Waals surface area contributed by atoms with Crippen molar-refractivity contribution < 1.29 is 4.79 Å². The average molecular weight is 253 g/mol. The lowest BCUT2D eigenvalue weighted by atomic mass is 10.3. The number of rotatable bonds is 2. The van der Waals surface area contributed by atoms with Gasteiger partial charge in [0.2, 0.25) is 12.4 Å². The van der Waals surface area contributed by atoms with Crippen molar-refractivity contribution in [3.05, 3.63) is 22.9 Å². The molecule has 0 radical (unpaired) electrons. The molecule has 0 aliphatic heterocycles. The van der Waals surface area contributed by atoms with E-state index in [1.165, 1.54) is 0 Å². The molecule has 1 amide bonds. The molecule has 0 bridgehead atoms. The highest BCUT2D eigenvalue weighted by atomic mass is 79.9. The molecule has 0 fully saturated rings. The van der Waals surface area contributed by atoms with Crippen LogP contribution in [-0.4, -0.2) is 21.4 Å². The quantitative estimate of drug-likeness (QED) is 0.820. The largest absolute Gasteiger partial charge is 0.297 e. The molecule has 0 saturated carbocycles. The first-order valence-electron chi connectivity index (χ1n) is 3.78. The normalized spacial score (nSPS) is 10.1. The number of carbonyl (C=O) groups excluding carboxylic acids is 1. The Bertz CT molecular complexity index is 488. The Morgan fingerprint density at radius 2 is 2.21 bits per heavy atom. The number of carbonyl (C=O) groups is 1. The zero-order valence-corrected chi connectivity index (χ0v) is 8.52. The molecule has 0 unspecified atom stereocenters. The van der Waals surface area contributed by atoms with Crippen LogP contribution in [0.15, 0.2) is 22.9 Å². The van der Waals surface area contributed by atoms with Crippen LogP contribution in [0.2, 0.25) is 0 Å². The van der Waals surface area contributed by atoms with Gasteiger partial charge in [-0.25, -0.2) is 9.97 Å². The SMILES string of the molecule is O=CNc1ncc2cc(Br)cnc2n1. The lowest BCUT2D eigenvalue weighted by Gasteiger charge is -1.99. The molecule has 6 heteroatoms. The zero-order valence-electron chi connectivity index (χ0n) is 6.94. The fourth-order valence-electron chi connectivity index (χ4n) is 1.02. The second-order valence-corrected chi connectivity index (χ2v) is 3.44. The van der Waals surface area contributed by atoms with E-state index in [1.54, 1.807) is 12.4 Å². The number of halogens is 1. The number of amides is 1. The Kier molecular flexibility index (Phi) is 2.36. The van der Waals surface area contributed by atoms with Gasteiger partial charge in [-0.15, -0.1) is 0 Å². The van der Waals surface area contributed by atoms with Crippen LogP contribution < -0.4 is 5.32 Å². The van der Waals surface area contributed by atoms with E-state index in [2.05, 4.69) is 36.2 Å². The number of hydrogen-bond acceptors (Lipinski definition) is 4. The molecule has 2 heterocycles. The lowest BCUT2D eigenvalue weighted by Crippen LogP contribution is -2.00. The molecule has 0 saturated heterocycles. The second kappa shape index (κ2) is 3.67. The number of nitrogens with one attached hydrogen (secondary N) is 1. The van der Waals surface area contributed by atoms with Crippen molar-refractivity contribution in [1.82, 2.24) is 15.0 Å². The molecule has 0 atom stereocenters. The molecule has 0 spiro atoms. The number of fused-ring (bicyclic) bond motifs is 1. The van der Waals surface area contributed by atoms with Gasteiger partial charge in [-0.1, -0.05) is 0 Å². The first kappa shape index (κ1) is 9.01. The highest BCUT2D eigenvalue weighted by molar-refractivity contribution is 9.10. The summed E-state index contributed by atoms with van der Waals surface area (Å²) in [7, 11) is 0. The van der Waals surface area contributed by atoms with Gasteiger partial charge >= 0.3 is 0 Å². The highest BCUT2D eigenvalue weighted by Crippen LogP contribution is 2.15. The van der Waals surface area contributed by atoms with E-state index >= 15 is 0 Å². The predicted octanol–water partition coefficient (Wildman–Crippen LogP) is 1.36. The van der Waals surface area contributed by atoms with Gasteiger partial charge in [0.05, 0.1) is 0 Å². The molecule has 1 N–H and O–H groups in total. The summed E-state index contributed by atoms with van der Waals surface area (Å²) in [5.41, 5.74) is 0.549. The van der Waals surface area contributed by atoms with E-state index in [-0.39, 0.29) is 5.95 Å². The molecule has 0 aliphatic carbocycles. The maximum Gasteiger partial charge on any atom is 0.231 e. The summed E-state index contributed by atoms with van der Waals surface area (Å²) in [6, 6.07) is 1.85. The smallest absolute Gasteiger partial charge is 0.231 e. The summed E-state index contributed by atoms with van der Waals surface area (Å²) in [5, 5.41) is 3.18. The van der Waals surface area contributed by atoms with Crippen molar-refractivity contribution in [2.75, 3.05) is 5.32 Å². The van der Waals surface area contributed by atoms with Crippen molar-refractivity contribution in [3.63, 3.8) is 0 Å². The average Bonchev–Trinajstić information content (AvgIpc) is 2.19. The molecular formula is C8H5BrN4O. The van der Waals surface area contributed by atoms with Gasteiger partial charge in [0.25, 0.3) is 0 Å². The van der Waals surface area contributed by atoms with Crippen LogP contribution in [0, 0.1) is 0 Å². The number of pyridine rings is 1. The fraction of sp³-hybridized carbons (Fsp3) is 0. The third-order valence-corrected chi connectivity index (χ3v) is 2.02. The summed E-state index contributed by atoms with van der Waals surface area (Å²) in [4.78, 5) is 22.2. The van der Waals surface area contributed by atoms with Crippen LogP contribution in [0.3, 0.4) is 0 Å². The molecule has 5 nitrogen and oxygen atoms in total. The third-order valence-electron chi connectivity index (χ3n) is 1.59. The number of anilines is 1. The second-order valence-electron chi connectivity index (χ2n) is 2.52. The molecule has 0 aromatic carbocycles. The third kappa shape index (κ3) is 1.69. The first-order chi connectivity index (χ1) is 6.79. The van der Waals surface area contributed by atoms with Gasteiger partial charge in [-0.05, 0) is 22.0 Å². The van der Waals surface area contributed by atoms with Crippen LogP contribution in [0.25, 0.3) is 11.0 Å². The highest BCUT2D eigenvalue weighted by Gasteiger charge is 2.00. The summed E-state index contributed by atoms with van der Waals surface area (Å²) in [6.07, 6.45) is 3.77. The van der Waals surface area contributed by atoms with E-state index in [1.807, 2.05) is 6.07 Å². The zero-order chi connectivity index (χ0) is 9.97. The molecule has 2 aromatic rings. The number of aromatic nitrogens is 3. The Labute approximate surface area is 87.7 Å². The van der Waals surface area contributed by atoms with Gasteiger partial charge < -0.3 is 0 Å². The topological polar surface area (TPSA) is 67.8 Å². The first-order valence-corrected chi connectivity index (χ1v) is 4.57. The summed E-state index contributed by atoms with van der Waals surface area (Å²) in [5.74, 6) is 0.252. The lowest BCUT2D eigenvalue weighted by molar-refractivity contribution is -0.105. The van der Waals surface area contributed by atoms with Crippen LogP contribution in [-0.2, 0) is 4.79 Å². The Morgan fingerprint density at radius 1 is 1.36 bits per heavy atom. The van der Waals surface area contributed by atoms with E-state index in [9.17, 15) is 4.79 Å². The minimum absolute atomic E-state index is 0.252. The standard InChI is InChI=1S/C8H5BrN4O/c9-6-1-5-2-11-8(12-4-14)13-7(5)10-3-6/h1-4H,(H,10,11,12,13,14). The van der Waals surface area contributed by atoms with Crippen molar-refractivity contribution >= 4 is 39.3 Å². The minimum atomic E-state index is 0.252. The van der Waals surface area contributed by atoms with Crippen LogP contribution in [0.5, 0.6) is 0 Å². The monoisotopic (exact) mass is 252 g/mol. The van der Waals surface area contributed by atoms with Gasteiger partial charge in [-0.3, -0.25) is 10.1 Å². The Morgan fingerprint density at radius 3 is 3.00 bits per heavy atom. The molecular weight excluding hydrogens is 248 g/mol. The molecule has 2 aromatic heterocycles. The molecule has 14 heavy (non-hydrogen) atoms. The van der Waals surface area contributed by atoms with E-state index in [4.69, 9.17) is 0 Å². The van der Waals surface area contributed by atoms with Gasteiger partial charge in [-0.2, -0.15) is 4.98 Å². The summed E-state index contributed by atoms with van der Waals surface area (Å²) < 4.78 is 0.865. The summed E-state index contributed by atoms with van der Waals surface area (Å²) >= 11 is 3.29. The maximum atomic E-state index is 10.1. The van der Waals surface area contributed by atoms with Crippen molar-refractivity contribution in [2.45, 2.75) is 0 Å². The molecule has 70 valence electrons. The van der Waals surface area contributed by atoms with Crippen LogP contribution >= 0.6 is 15.9 Å². The number of nitrogens with zero attached hydrogens (tertiary/aromatic N) is 3. The van der Waals surface area contributed by atoms with E-state index < -0.39 is 0 Å². The van der Waals surface area contributed by atoms with Crippen molar-refractivity contribution in [2.24, 2.45) is 0 Å². The molecule has 2 rings (SSSR count). The van der Waals surface area contributed by atoms with Crippen LogP contribution in [0.1, 0.15) is 0 Å². The number of hydrogen-bond donors (Lipinski definition) is 1. The van der Waals surface area contributed by atoms with Crippen LogP contribution in [0.4, 0.5) is 5.95 Å². The fourth-order valence-corrected chi connectivity index (χ4v) is 1.37. The van der Waals surface area contributed by atoms with E-state index in [0.29, 0.717) is 12.1 Å². The Balaban J connectivity index is 2.55. The van der Waals surface area contributed by atoms with Gasteiger partial charge in [0.15, 0.2) is 5.65 Å². The van der Waals surface area contributed by atoms with Gasteiger partial charge in [0, 0.05) is 22.3 Å². The predicted molar refractivity (Wildman–Crippen MR) is 54.7 cm³/mol. The summed E-state index contributed by atoms with van der Waals surface area (Å²) in [6.45, 7) is 0. The Hall–Kier alpha value is -1.56. The maximum absolute atomic E-state index is 10.1. The van der Waals surface area contributed by atoms with Gasteiger partial charge in [0.1, 0.15) is 0 Å². The van der Waals surface area contributed by atoms with E-state index in [0.717, 1.165) is 9.86 Å². The van der Waals surface area contributed by atoms with Crippen molar-refractivity contribution in [3.8, 4) is 0 Å².